The van der Waals surface area contributed by atoms with Crippen molar-refractivity contribution < 1.29 is 9.90 Å². The van der Waals surface area contributed by atoms with Gasteiger partial charge in [-0.05, 0) is 24.2 Å². The molecule has 1 saturated heterocycles. The third kappa shape index (κ3) is 2.33. The Balaban J connectivity index is 1.79. The third-order valence-electron chi connectivity index (χ3n) is 4.11. The van der Waals surface area contributed by atoms with E-state index in [0.717, 1.165) is 25.3 Å². The van der Waals surface area contributed by atoms with Gasteiger partial charge in [-0.1, -0.05) is 19.8 Å². The maximum atomic E-state index is 10.8. The highest BCUT2D eigenvalue weighted by atomic mass is 16.4. The molecular weight excluding hydrogens is 190 g/mol. The smallest absolute Gasteiger partial charge is 0.303 e. The van der Waals surface area contributed by atoms with E-state index in [1.54, 1.807) is 0 Å². The molecule has 0 unspecified atom stereocenters. The first kappa shape index (κ1) is 10.9. The van der Waals surface area contributed by atoms with Gasteiger partial charge in [0.25, 0.3) is 0 Å². The number of hydrogen-bond acceptors (Lipinski definition) is 2. The standard InChI is InChI=1S/C12H21NO2/c1-2-10-7-13(8-10)9-12(4-3-5-12)6-11(14)15/h10H,2-9H2,1H3,(H,14,15). The van der Waals surface area contributed by atoms with Gasteiger partial charge in [-0.25, -0.2) is 0 Å². The Labute approximate surface area is 91.5 Å². The van der Waals surface area contributed by atoms with Crippen LogP contribution in [-0.2, 0) is 4.79 Å². The Bertz CT molecular complexity index is 242. The monoisotopic (exact) mass is 211 g/mol. The van der Waals surface area contributed by atoms with Gasteiger partial charge in [-0.2, -0.15) is 0 Å². The van der Waals surface area contributed by atoms with Crippen molar-refractivity contribution in [3.8, 4) is 0 Å². The van der Waals surface area contributed by atoms with Crippen molar-refractivity contribution in [1.82, 2.24) is 4.90 Å². The van der Waals surface area contributed by atoms with Crippen LogP contribution in [0.15, 0.2) is 0 Å². The molecule has 3 nitrogen and oxygen atoms in total. The molecule has 0 radical (unpaired) electrons. The van der Waals surface area contributed by atoms with Crippen LogP contribution in [0, 0.1) is 11.3 Å². The molecule has 1 aliphatic heterocycles. The highest BCUT2D eigenvalue weighted by Gasteiger charge is 2.42. The molecular formula is C12H21NO2. The lowest BCUT2D eigenvalue weighted by Gasteiger charge is -2.49. The summed E-state index contributed by atoms with van der Waals surface area (Å²) < 4.78 is 0. The summed E-state index contributed by atoms with van der Waals surface area (Å²) in [5, 5.41) is 8.90. The molecule has 0 spiro atoms. The van der Waals surface area contributed by atoms with Crippen LogP contribution in [0.3, 0.4) is 0 Å². The topological polar surface area (TPSA) is 40.5 Å². The molecule has 2 aliphatic rings. The summed E-state index contributed by atoms with van der Waals surface area (Å²) in [5.74, 6) is 0.245. The Kier molecular flexibility index (Phi) is 3.01. The second-order valence-electron chi connectivity index (χ2n) is 5.39. The van der Waals surface area contributed by atoms with Crippen molar-refractivity contribution in [1.29, 1.82) is 0 Å². The fourth-order valence-electron chi connectivity index (χ4n) is 2.93. The summed E-state index contributed by atoms with van der Waals surface area (Å²) >= 11 is 0. The van der Waals surface area contributed by atoms with Crippen molar-refractivity contribution in [2.75, 3.05) is 19.6 Å². The predicted octanol–water partition coefficient (Wildman–Crippen LogP) is 1.97. The zero-order valence-corrected chi connectivity index (χ0v) is 9.54. The molecule has 1 aliphatic carbocycles. The second-order valence-corrected chi connectivity index (χ2v) is 5.39. The molecule has 2 rings (SSSR count). The van der Waals surface area contributed by atoms with Gasteiger partial charge in [0.1, 0.15) is 0 Å². The Hall–Kier alpha value is -0.570. The van der Waals surface area contributed by atoms with E-state index in [-0.39, 0.29) is 5.41 Å². The fourth-order valence-corrected chi connectivity index (χ4v) is 2.93. The van der Waals surface area contributed by atoms with E-state index in [9.17, 15) is 4.79 Å². The Morgan fingerprint density at radius 1 is 1.47 bits per heavy atom. The summed E-state index contributed by atoms with van der Waals surface area (Å²) in [5.41, 5.74) is 0.130. The van der Waals surface area contributed by atoms with Gasteiger partial charge in [-0.15, -0.1) is 0 Å². The summed E-state index contributed by atoms with van der Waals surface area (Å²) in [6.45, 7) is 5.64. The number of likely N-dealkylation sites (tertiary alicyclic amines) is 1. The van der Waals surface area contributed by atoms with Crippen LogP contribution in [0.2, 0.25) is 0 Å². The number of nitrogens with zero attached hydrogens (tertiary/aromatic N) is 1. The van der Waals surface area contributed by atoms with Crippen molar-refractivity contribution in [2.45, 2.75) is 39.0 Å². The van der Waals surface area contributed by atoms with Crippen LogP contribution in [-0.4, -0.2) is 35.6 Å². The van der Waals surface area contributed by atoms with Crippen LogP contribution in [0.25, 0.3) is 0 Å². The average Bonchev–Trinajstić information content (AvgIpc) is 2.05. The maximum absolute atomic E-state index is 10.8. The highest BCUT2D eigenvalue weighted by molar-refractivity contribution is 5.68. The van der Waals surface area contributed by atoms with E-state index in [0.29, 0.717) is 6.42 Å². The van der Waals surface area contributed by atoms with E-state index >= 15 is 0 Å². The number of rotatable bonds is 5. The van der Waals surface area contributed by atoms with Gasteiger partial charge in [0, 0.05) is 19.6 Å². The van der Waals surface area contributed by atoms with Gasteiger partial charge in [0.2, 0.25) is 0 Å². The molecule has 0 bridgehead atoms. The summed E-state index contributed by atoms with van der Waals surface area (Å²) in [7, 11) is 0. The molecule has 86 valence electrons. The van der Waals surface area contributed by atoms with Crippen LogP contribution >= 0.6 is 0 Å². The Morgan fingerprint density at radius 3 is 2.53 bits per heavy atom. The third-order valence-corrected chi connectivity index (χ3v) is 4.11. The van der Waals surface area contributed by atoms with Gasteiger partial charge < -0.3 is 10.0 Å². The van der Waals surface area contributed by atoms with E-state index in [4.69, 9.17) is 5.11 Å². The molecule has 0 aromatic rings. The van der Waals surface area contributed by atoms with Crippen LogP contribution in [0.5, 0.6) is 0 Å². The van der Waals surface area contributed by atoms with E-state index in [1.165, 1.54) is 25.9 Å². The number of carbonyl (C=O) groups is 1. The van der Waals surface area contributed by atoms with Crippen LogP contribution in [0.4, 0.5) is 0 Å². The van der Waals surface area contributed by atoms with Crippen molar-refractivity contribution in [3.63, 3.8) is 0 Å². The molecule has 15 heavy (non-hydrogen) atoms. The summed E-state index contributed by atoms with van der Waals surface area (Å²) in [4.78, 5) is 13.2. The van der Waals surface area contributed by atoms with Gasteiger partial charge >= 0.3 is 5.97 Å². The van der Waals surface area contributed by atoms with E-state index in [2.05, 4.69) is 11.8 Å². The lowest BCUT2D eigenvalue weighted by Crippen LogP contribution is -2.53. The predicted molar refractivity (Wildman–Crippen MR) is 58.8 cm³/mol. The normalized spacial score (nSPS) is 25.7. The number of carboxylic acid groups (broad SMARTS) is 1. The van der Waals surface area contributed by atoms with Crippen molar-refractivity contribution >= 4 is 5.97 Å². The molecule has 2 fully saturated rings. The fraction of sp³-hybridized carbons (Fsp3) is 0.917. The molecule has 0 atom stereocenters. The first-order chi connectivity index (χ1) is 7.13. The van der Waals surface area contributed by atoms with Crippen LogP contribution in [0.1, 0.15) is 39.0 Å². The first-order valence-corrected chi connectivity index (χ1v) is 6.08. The van der Waals surface area contributed by atoms with E-state index in [1.807, 2.05) is 0 Å². The second kappa shape index (κ2) is 4.12. The lowest BCUT2D eigenvalue weighted by molar-refractivity contribution is -0.142. The van der Waals surface area contributed by atoms with Gasteiger partial charge in [0.15, 0.2) is 0 Å². The summed E-state index contributed by atoms with van der Waals surface area (Å²) in [6.07, 6.45) is 5.10. The van der Waals surface area contributed by atoms with Crippen molar-refractivity contribution in [2.24, 2.45) is 11.3 Å². The van der Waals surface area contributed by atoms with Gasteiger partial charge in [0.05, 0.1) is 6.42 Å². The number of aliphatic carboxylic acids is 1. The molecule has 0 amide bonds. The maximum Gasteiger partial charge on any atom is 0.303 e. The SMILES string of the molecule is CCC1CN(CC2(CC(=O)O)CCC2)C1. The van der Waals surface area contributed by atoms with Crippen molar-refractivity contribution in [3.05, 3.63) is 0 Å². The number of hydrogen-bond donors (Lipinski definition) is 1. The molecule has 1 N–H and O–H groups in total. The largest absolute Gasteiger partial charge is 0.481 e. The zero-order chi connectivity index (χ0) is 10.9. The lowest BCUT2D eigenvalue weighted by atomic mass is 9.66. The zero-order valence-electron chi connectivity index (χ0n) is 9.54. The minimum Gasteiger partial charge on any atom is -0.481 e. The quantitative estimate of drug-likeness (QED) is 0.756. The molecule has 1 saturated carbocycles. The molecule has 3 heteroatoms. The average molecular weight is 211 g/mol. The minimum absolute atomic E-state index is 0.130. The minimum atomic E-state index is -0.623. The molecule has 0 aromatic carbocycles. The first-order valence-electron chi connectivity index (χ1n) is 6.08. The number of carboxylic acids is 1. The highest BCUT2D eigenvalue weighted by Crippen LogP contribution is 2.45. The van der Waals surface area contributed by atoms with Crippen LogP contribution < -0.4 is 0 Å². The van der Waals surface area contributed by atoms with E-state index < -0.39 is 5.97 Å². The van der Waals surface area contributed by atoms with Gasteiger partial charge in [-0.3, -0.25) is 4.79 Å². The molecule has 1 heterocycles. The summed E-state index contributed by atoms with van der Waals surface area (Å²) in [6, 6.07) is 0. The Morgan fingerprint density at radius 2 is 2.13 bits per heavy atom. The molecule has 0 aromatic heterocycles.